The molecule has 10 nitrogen and oxygen atoms in total. The molecule has 0 saturated carbocycles. The lowest BCUT2D eigenvalue weighted by Crippen LogP contribution is -2.52. The first kappa shape index (κ1) is 85.2. The quantitative estimate of drug-likeness (QED) is 0.172. The van der Waals surface area contributed by atoms with Crippen molar-refractivity contribution in [3.8, 4) is 0 Å². The first-order valence-electron chi connectivity index (χ1n) is 34.8. The molecule has 0 amide bonds. The van der Waals surface area contributed by atoms with Crippen molar-refractivity contribution < 1.29 is 4.52 Å². The number of nitrogens with zero attached hydrogens (tertiary/aromatic N) is 9. The molecule has 0 aliphatic carbocycles. The first-order chi connectivity index (χ1) is 39.3. The number of hydrogen-bond donors (Lipinski definition) is 0. The zero-order chi connectivity index (χ0) is 72.1. The van der Waals surface area contributed by atoms with E-state index >= 15 is 0 Å². The maximum absolute atomic E-state index is 5.44. The van der Waals surface area contributed by atoms with E-state index in [0.29, 0.717) is 35.7 Å². The van der Waals surface area contributed by atoms with Gasteiger partial charge in [0.25, 0.3) is 0 Å². The highest BCUT2D eigenvalue weighted by Crippen LogP contribution is 2.48. The van der Waals surface area contributed by atoms with Crippen molar-refractivity contribution in [3.63, 3.8) is 0 Å². The molecule has 0 spiro atoms. The predicted molar refractivity (Wildman–Crippen MR) is 398 cm³/mol. The molecular formula is C79H151N9OS. The zero-order valence-electron chi connectivity index (χ0n) is 68.9. The molecule has 2 aliphatic heterocycles. The van der Waals surface area contributed by atoms with Crippen molar-refractivity contribution in [1.82, 2.24) is 44.4 Å². The van der Waals surface area contributed by atoms with Gasteiger partial charge in [-0.1, -0.05) is 157 Å². The minimum atomic E-state index is -0.0335. The molecule has 0 bridgehead atoms. The molecule has 2 aliphatic rings. The van der Waals surface area contributed by atoms with Gasteiger partial charge in [-0.15, -0.1) is 11.3 Å². The molecule has 524 valence electrons. The first-order valence-corrected chi connectivity index (χ1v) is 35.6. The lowest BCUT2D eigenvalue weighted by Gasteiger charge is -2.42. The molecule has 4 aromatic rings. The van der Waals surface area contributed by atoms with Crippen LogP contribution >= 0.6 is 11.3 Å². The predicted octanol–water partition coefficient (Wildman–Crippen LogP) is 22.2. The summed E-state index contributed by atoms with van der Waals surface area (Å²) in [7, 11) is 0. The van der Waals surface area contributed by atoms with Crippen LogP contribution in [0.25, 0.3) is 0 Å². The Bertz CT molecular complexity index is 2600. The van der Waals surface area contributed by atoms with Crippen LogP contribution in [0.5, 0.6) is 0 Å². The van der Waals surface area contributed by atoms with Crippen LogP contribution in [-0.4, -0.2) is 91.4 Å². The molecule has 0 N–H and O–H groups in total. The van der Waals surface area contributed by atoms with Crippen LogP contribution < -0.4 is 0 Å². The summed E-state index contributed by atoms with van der Waals surface area (Å²) in [6.45, 7) is 108. The summed E-state index contributed by atoms with van der Waals surface area (Å²) in [6, 6.07) is 2.62. The van der Waals surface area contributed by atoms with Crippen molar-refractivity contribution in [2.75, 3.05) is 0 Å². The monoisotopic (exact) mass is 1270 g/mol. The van der Waals surface area contributed by atoms with Crippen molar-refractivity contribution in [2.24, 2.45) is 17.3 Å². The normalized spacial score (nSPS) is 21.5. The highest BCUT2D eigenvalue weighted by Gasteiger charge is 2.51. The Morgan fingerprint density at radius 3 is 0.967 bits per heavy atom. The number of aryl methyl sites for hydroxylation is 2. The van der Waals surface area contributed by atoms with E-state index in [-0.39, 0.29) is 60.2 Å². The fourth-order valence-corrected chi connectivity index (χ4v) is 16.7. The molecule has 2 saturated heterocycles. The average molecular weight is 1280 g/mol. The maximum atomic E-state index is 5.44. The van der Waals surface area contributed by atoms with Crippen LogP contribution in [0.3, 0.4) is 0 Å². The molecular weight excluding hydrogens is 1120 g/mol. The second kappa shape index (κ2) is 28.8. The third kappa shape index (κ3) is 21.8. The summed E-state index contributed by atoms with van der Waals surface area (Å²) >= 11 is 1.84. The zero-order valence-corrected chi connectivity index (χ0v) is 69.7. The van der Waals surface area contributed by atoms with E-state index in [1.54, 1.807) is 0 Å². The Morgan fingerprint density at radius 1 is 0.378 bits per heavy atom. The molecule has 2 fully saturated rings. The standard InChI is InChI=1S/C15H31N.C15H27N.C14H30N2.C12H21NO.C12H21NS.C11H21N3/c2*1-10-11(2)16(15(7,8)9)12(3)13(10)14(4,5)6;1-10-11(2)16(14(7,8)9)12(3)15(10)13(4,5)6;1-8-9(11(2,3)4)13-14-10(8)12(5,6)7;1-8-9(11(2,3)4)13-10(14-8)12(5,6)7;1-8-9(10(2,3)4)13-14(12-8)11(5,6)7/h10-13H,1-9H3;1-9H3;10-12H,1-9H3;3*1-7H3. The van der Waals surface area contributed by atoms with E-state index < -0.39 is 0 Å². The van der Waals surface area contributed by atoms with Crippen molar-refractivity contribution in [3.05, 3.63) is 66.5 Å². The molecule has 6 unspecified atom stereocenters. The minimum absolute atomic E-state index is 0.0335. The lowest BCUT2D eigenvalue weighted by molar-refractivity contribution is 0.0148. The summed E-state index contributed by atoms with van der Waals surface area (Å²) < 4.78 is 7.91. The van der Waals surface area contributed by atoms with Crippen molar-refractivity contribution in [1.29, 1.82) is 0 Å². The summed E-state index contributed by atoms with van der Waals surface area (Å²) in [5.74, 6) is 2.58. The molecule has 11 heteroatoms. The van der Waals surface area contributed by atoms with Gasteiger partial charge >= 0.3 is 0 Å². The van der Waals surface area contributed by atoms with E-state index in [0.717, 1.165) is 34.7 Å². The molecule has 6 heterocycles. The van der Waals surface area contributed by atoms with Crippen molar-refractivity contribution in [2.45, 2.75) is 423 Å². The van der Waals surface area contributed by atoms with E-state index in [2.05, 4.69) is 360 Å². The van der Waals surface area contributed by atoms with Crippen molar-refractivity contribution >= 4 is 11.3 Å². The van der Waals surface area contributed by atoms with Crippen LogP contribution in [0.4, 0.5) is 0 Å². The van der Waals surface area contributed by atoms with Gasteiger partial charge in [0.2, 0.25) is 0 Å². The van der Waals surface area contributed by atoms with Crippen LogP contribution in [0.15, 0.2) is 4.52 Å². The highest BCUT2D eigenvalue weighted by molar-refractivity contribution is 7.11. The Labute approximate surface area is 563 Å². The molecule has 90 heavy (non-hydrogen) atoms. The summed E-state index contributed by atoms with van der Waals surface area (Å²) in [6.07, 6.45) is 0.519. The number of hydrogen-bond acceptors (Lipinski definition) is 9. The average Bonchev–Trinajstić information content (AvgIpc) is 2.26. The molecule has 6 rings (SSSR count). The Kier molecular flexibility index (Phi) is 27.3. The number of thiazole rings is 1. The second-order valence-electron chi connectivity index (χ2n) is 39.8. The minimum Gasteiger partial charge on any atom is -0.360 e. The van der Waals surface area contributed by atoms with Gasteiger partial charge in [-0.25, -0.2) is 4.98 Å². The smallest absolute Gasteiger partial charge is 0.145 e. The largest absolute Gasteiger partial charge is 0.360 e. The van der Waals surface area contributed by atoms with Gasteiger partial charge in [0.15, 0.2) is 0 Å². The van der Waals surface area contributed by atoms with E-state index in [1.165, 1.54) is 43.7 Å². The van der Waals surface area contributed by atoms with Gasteiger partial charge < -0.3 is 9.09 Å². The van der Waals surface area contributed by atoms with Gasteiger partial charge in [-0.2, -0.15) is 15.0 Å². The highest BCUT2D eigenvalue weighted by atomic mass is 32.1. The summed E-state index contributed by atoms with van der Waals surface area (Å²) in [4.78, 5) is 15.9. The third-order valence-corrected chi connectivity index (χ3v) is 19.8. The number of likely N-dealkylation sites (tertiary alicyclic amines) is 1. The van der Waals surface area contributed by atoms with Gasteiger partial charge in [-0.05, 0) is 214 Å². The topological polar surface area (TPSA) is 84.3 Å². The fourth-order valence-electron chi connectivity index (χ4n) is 15.5. The summed E-state index contributed by atoms with van der Waals surface area (Å²) in [5, 5.41) is 14.4. The van der Waals surface area contributed by atoms with E-state index in [1.807, 2.05) is 23.1 Å². The maximum Gasteiger partial charge on any atom is 0.145 e. The van der Waals surface area contributed by atoms with Gasteiger partial charge in [-0.3, -0.25) is 14.7 Å². The number of aromatic nitrogens is 6. The molecule has 0 radical (unpaired) electrons. The SMILES string of the molecule is CC1C(C)N(C(C)(C)C)C(C)C1C(C)(C)C.CC1C(C)N(C(C)(C)C)C(C)N1C(C)(C)C.Cc1c(C(C)(C)C)c(C)n(C(C)(C)C)c1C.Cc1c(C(C)(C)C)noc1C(C)(C)C.Cc1nn(C(C)(C)C)nc1C(C)(C)C.Cc1sc(C(C)(C)C)nc1C(C)(C)C. The van der Waals surface area contributed by atoms with Crippen LogP contribution in [-0.2, 0) is 43.6 Å². The third-order valence-electron chi connectivity index (χ3n) is 18.4. The van der Waals surface area contributed by atoms with E-state index in [9.17, 15) is 0 Å². The summed E-state index contributed by atoms with van der Waals surface area (Å²) in [5.41, 5.74) is 13.5. The second-order valence-corrected chi connectivity index (χ2v) is 41.0. The van der Waals surface area contributed by atoms with Crippen LogP contribution in [0.2, 0.25) is 0 Å². The lowest BCUT2D eigenvalue weighted by atomic mass is 9.71. The Morgan fingerprint density at radius 2 is 0.778 bits per heavy atom. The van der Waals surface area contributed by atoms with Gasteiger partial charge in [0, 0.05) is 95.2 Å². The molecule has 0 aromatic carbocycles. The number of rotatable bonds is 0. The molecule has 6 atom stereocenters. The van der Waals surface area contributed by atoms with Crippen LogP contribution in [0, 0.1) is 58.8 Å². The Balaban J connectivity index is 0.000000541. The van der Waals surface area contributed by atoms with E-state index in [4.69, 9.17) is 9.51 Å². The fraction of sp³-hybridized carbons (Fsp3) is 0.848. The van der Waals surface area contributed by atoms with Gasteiger partial charge in [0.05, 0.1) is 39.5 Å². The van der Waals surface area contributed by atoms with Gasteiger partial charge in [0.1, 0.15) is 5.76 Å². The Hall–Kier alpha value is -2.86. The van der Waals surface area contributed by atoms with Crippen LogP contribution in [0.1, 0.15) is 357 Å². The molecule has 4 aromatic heterocycles.